The number of fused-ring (bicyclic) bond motifs is 1. The van der Waals surface area contributed by atoms with Gasteiger partial charge in [0.15, 0.2) is 11.6 Å². The molecule has 0 saturated heterocycles. The lowest BCUT2D eigenvalue weighted by Crippen LogP contribution is -2.31. The average molecular weight is 179 g/mol. The van der Waals surface area contributed by atoms with E-state index in [1.807, 2.05) is 4.57 Å². The minimum Gasteiger partial charge on any atom is -0.323 e. The quantitative estimate of drug-likeness (QED) is 0.590. The van der Waals surface area contributed by atoms with E-state index in [4.69, 9.17) is 0 Å². The number of nitrogens with zero attached hydrogens (tertiary/aromatic N) is 3. The van der Waals surface area contributed by atoms with Gasteiger partial charge in [0.1, 0.15) is 0 Å². The Bertz CT molecular complexity index is 343. The second-order valence-electron chi connectivity index (χ2n) is 3.52. The van der Waals surface area contributed by atoms with Crippen molar-refractivity contribution in [3.63, 3.8) is 0 Å². The van der Waals surface area contributed by atoms with Crippen molar-refractivity contribution >= 4 is 5.78 Å². The smallest absolute Gasteiger partial charge is 0.195 e. The van der Waals surface area contributed by atoms with Gasteiger partial charge in [-0.1, -0.05) is 0 Å². The molecule has 2 heterocycles. The molecule has 1 aromatic rings. The van der Waals surface area contributed by atoms with Gasteiger partial charge in [0.25, 0.3) is 0 Å². The van der Waals surface area contributed by atoms with Gasteiger partial charge in [-0.05, 0) is 7.05 Å². The van der Waals surface area contributed by atoms with Crippen molar-refractivity contribution in [2.45, 2.75) is 20.0 Å². The summed E-state index contributed by atoms with van der Waals surface area (Å²) < 4.78 is 2.02. The van der Waals surface area contributed by atoms with Crippen LogP contribution in [-0.4, -0.2) is 33.8 Å². The molecule has 70 valence electrons. The van der Waals surface area contributed by atoms with Gasteiger partial charge >= 0.3 is 0 Å². The summed E-state index contributed by atoms with van der Waals surface area (Å²) in [6.07, 6.45) is 1.80. The molecule has 0 spiro atoms. The first-order valence-electron chi connectivity index (χ1n) is 4.42. The molecule has 1 aromatic heterocycles. The number of carbonyl (C=O) groups is 1. The first kappa shape index (κ1) is 8.44. The topological polar surface area (TPSA) is 38.1 Å². The molecular weight excluding hydrogens is 166 g/mol. The summed E-state index contributed by atoms with van der Waals surface area (Å²) in [6.45, 7) is 4.32. The van der Waals surface area contributed by atoms with E-state index in [9.17, 15) is 4.79 Å². The van der Waals surface area contributed by atoms with Crippen LogP contribution >= 0.6 is 0 Å². The summed E-state index contributed by atoms with van der Waals surface area (Å²) in [5.41, 5.74) is 1.14. The van der Waals surface area contributed by atoms with Crippen LogP contribution in [-0.2, 0) is 13.1 Å². The number of rotatable bonds is 1. The van der Waals surface area contributed by atoms with Crippen molar-refractivity contribution in [1.29, 1.82) is 0 Å². The molecule has 0 radical (unpaired) electrons. The van der Waals surface area contributed by atoms with Crippen LogP contribution < -0.4 is 0 Å². The lowest BCUT2D eigenvalue weighted by Gasteiger charge is -2.24. The zero-order chi connectivity index (χ0) is 9.42. The van der Waals surface area contributed by atoms with E-state index in [-0.39, 0.29) is 5.78 Å². The van der Waals surface area contributed by atoms with Gasteiger partial charge in [-0.2, -0.15) is 0 Å². The predicted molar refractivity (Wildman–Crippen MR) is 48.6 cm³/mol. The molecule has 13 heavy (non-hydrogen) atoms. The van der Waals surface area contributed by atoms with Crippen LogP contribution in [0, 0.1) is 0 Å². The molecule has 4 nitrogen and oxygen atoms in total. The number of hydrogen-bond donors (Lipinski definition) is 0. The van der Waals surface area contributed by atoms with Gasteiger partial charge in [-0.15, -0.1) is 0 Å². The Hall–Kier alpha value is -1.16. The number of ketones is 1. The summed E-state index contributed by atoms with van der Waals surface area (Å²) >= 11 is 0. The van der Waals surface area contributed by atoms with Crippen LogP contribution in [0.1, 0.15) is 23.2 Å². The highest BCUT2D eigenvalue weighted by atomic mass is 16.1. The number of likely N-dealkylation sites (N-methyl/N-ethyl adjacent to an activating group) is 1. The van der Waals surface area contributed by atoms with E-state index < -0.39 is 0 Å². The van der Waals surface area contributed by atoms with Crippen LogP contribution in [0.2, 0.25) is 0 Å². The maximum atomic E-state index is 11.2. The summed E-state index contributed by atoms with van der Waals surface area (Å²) in [5.74, 6) is 0.652. The first-order chi connectivity index (χ1) is 6.18. The predicted octanol–water partition coefficient (Wildman–Crippen LogP) is 0.531. The number of aromatic nitrogens is 2. The van der Waals surface area contributed by atoms with Crippen LogP contribution in [0.25, 0.3) is 0 Å². The van der Waals surface area contributed by atoms with Crippen LogP contribution in [0.5, 0.6) is 0 Å². The van der Waals surface area contributed by atoms with Crippen molar-refractivity contribution < 1.29 is 4.79 Å². The van der Waals surface area contributed by atoms with Crippen molar-refractivity contribution in [1.82, 2.24) is 14.5 Å². The fourth-order valence-electron chi connectivity index (χ4n) is 1.69. The minimum atomic E-state index is 0.0517. The Morgan fingerprint density at radius 1 is 1.54 bits per heavy atom. The zero-order valence-corrected chi connectivity index (χ0v) is 7.95. The Morgan fingerprint density at radius 3 is 3.00 bits per heavy atom. The molecular formula is C9H13N3O. The molecule has 0 N–H and O–H groups in total. The largest absolute Gasteiger partial charge is 0.323 e. The number of carbonyl (C=O) groups excluding carboxylic acids is 1. The fraction of sp³-hybridized carbons (Fsp3) is 0.556. The molecule has 4 heteroatoms. The normalized spacial score (nSPS) is 17.1. The van der Waals surface area contributed by atoms with E-state index in [2.05, 4.69) is 16.9 Å². The number of Topliss-reactive ketones (excluding diaryl/α,β-unsaturated/α-hetero) is 1. The summed E-state index contributed by atoms with van der Waals surface area (Å²) in [6, 6.07) is 0. The Balaban J connectivity index is 2.39. The molecule has 0 saturated carbocycles. The Morgan fingerprint density at radius 2 is 2.31 bits per heavy atom. The van der Waals surface area contributed by atoms with E-state index in [0.717, 1.165) is 25.3 Å². The Labute approximate surface area is 77.2 Å². The highest BCUT2D eigenvalue weighted by molar-refractivity contribution is 5.90. The minimum absolute atomic E-state index is 0.0517. The van der Waals surface area contributed by atoms with Gasteiger partial charge in [0, 0.05) is 26.6 Å². The monoisotopic (exact) mass is 179 g/mol. The van der Waals surface area contributed by atoms with Crippen LogP contribution in [0.4, 0.5) is 0 Å². The van der Waals surface area contributed by atoms with Crippen molar-refractivity contribution in [3.8, 4) is 0 Å². The third-order valence-electron chi connectivity index (χ3n) is 2.39. The maximum Gasteiger partial charge on any atom is 0.195 e. The zero-order valence-electron chi connectivity index (χ0n) is 7.95. The van der Waals surface area contributed by atoms with Crippen molar-refractivity contribution in [2.24, 2.45) is 0 Å². The van der Waals surface area contributed by atoms with Gasteiger partial charge in [0.2, 0.25) is 0 Å². The number of hydrogen-bond acceptors (Lipinski definition) is 3. The highest BCUT2D eigenvalue weighted by Gasteiger charge is 2.18. The van der Waals surface area contributed by atoms with Crippen molar-refractivity contribution in [2.75, 3.05) is 13.6 Å². The molecule has 1 aliphatic rings. The summed E-state index contributed by atoms with van der Waals surface area (Å²) in [5, 5.41) is 0. The number of imidazole rings is 1. The lowest BCUT2D eigenvalue weighted by molar-refractivity contribution is 0.0996. The fourth-order valence-corrected chi connectivity index (χ4v) is 1.69. The summed E-state index contributed by atoms with van der Waals surface area (Å²) in [4.78, 5) is 17.5. The standard InChI is InChI=1S/C9H13N3O/c1-7(13)9-10-5-8-6-11(2)3-4-12(8)9/h5H,3-4,6H2,1-2H3. The molecule has 0 fully saturated rings. The van der Waals surface area contributed by atoms with E-state index in [1.165, 1.54) is 0 Å². The SMILES string of the molecule is CC(=O)c1ncc2n1CCN(C)C2. The molecule has 2 rings (SSSR count). The van der Waals surface area contributed by atoms with E-state index in [1.54, 1.807) is 13.1 Å². The molecule has 1 aliphatic heterocycles. The third-order valence-corrected chi connectivity index (χ3v) is 2.39. The molecule has 0 aromatic carbocycles. The summed E-state index contributed by atoms with van der Waals surface area (Å²) in [7, 11) is 2.07. The maximum absolute atomic E-state index is 11.2. The molecule has 0 unspecified atom stereocenters. The van der Waals surface area contributed by atoms with Crippen LogP contribution in [0.15, 0.2) is 6.20 Å². The van der Waals surface area contributed by atoms with Gasteiger partial charge in [-0.25, -0.2) is 4.98 Å². The Kier molecular flexibility index (Phi) is 1.92. The average Bonchev–Trinajstić information content (AvgIpc) is 2.46. The van der Waals surface area contributed by atoms with E-state index in [0.29, 0.717) is 5.82 Å². The van der Waals surface area contributed by atoms with Gasteiger partial charge in [0.05, 0.1) is 11.9 Å². The van der Waals surface area contributed by atoms with Gasteiger partial charge in [-0.3, -0.25) is 9.69 Å². The lowest BCUT2D eigenvalue weighted by atomic mass is 10.3. The molecule has 0 amide bonds. The molecule has 0 bridgehead atoms. The second kappa shape index (κ2) is 2.96. The van der Waals surface area contributed by atoms with Crippen LogP contribution in [0.3, 0.4) is 0 Å². The third kappa shape index (κ3) is 1.37. The highest BCUT2D eigenvalue weighted by Crippen LogP contribution is 2.13. The molecule has 0 aliphatic carbocycles. The molecule has 0 atom stereocenters. The second-order valence-corrected chi connectivity index (χ2v) is 3.52. The van der Waals surface area contributed by atoms with Gasteiger partial charge < -0.3 is 4.57 Å². The van der Waals surface area contributed by atoms with E-state index >= 15 is 0 Å². The first-order valence-corrected chi connectivity index (χ1v) is 4.42. The van der Waals surface area contributed by atoms with Crippen molar-refractivity contribution in [3.05, 3.63) is 17.7 Å².